The van der Waals surface area contributed by atoms with Gasteiger partial charge < -0.3 is 5.11 Å². The van der Waals surface area contributed by atoms with Crippen LogP contribution >= 0.6 is 11.8 Å². The van der Waals surface area contributed by atoms with E-state index < -0.39 is 23.9 Å². The number of hydrogen-bond donors (Lipinski definition) is 1. The zero-order valence-corrected chi connectivity index (χ0v) is 8.28. The Hall–Kier alpha value is -0.750. The van der Waals surface area contributed by atoms with Crippen molar-refractivity contribution in [2.75, 3.05) is 5.75 Å². The normalized spacial score (nSPS) is 13.9. The molecule has 0 bridgehead atoms. The Morgan fingerprint density at radius 3 is 2.40 bits per heavy atom. The van der Waals surface area contributed by atoms with E-state index in [1.807, 2.05) is 0 Å². The van der Waals surface area contributed by atoms with Crippen LogP contribution in [0, 0.1) is 5.82 Å². The maximum atomic E-state index is 13.0. The molecule has 1 rings (SSSR count). The molecule has 1 aromatic rings. The van der Waals surface area contributed by atoms with Crippen LogP contribution in [0.2, 0.25) is 0 Å². The molecular weight excluding hydrogens is 232 g/mol. The Kier molecular flexibility index (Phi) is 3.98. The lowest BCUT2D eigenvalue weighted by atomic mass is 10.3. The van der Waals surface area contributed by atoms with Gasteiger partial charge in [0.25, 0.3) is 0 Å². The topological polar surface area (TPSA) is 20.2 Å². The van der Waals surface area contributed by atoms with Crippen LogP contribution < -0.4 is 0 Å². The third-order valence-corrected chi connectivity index (χ3v) is 2.74. The van der Waals surface area contributed by atoms with E-state index in [-0.39, 0.29) is 4.90 Å². The maximum Gasteiger partial charge on any atom is 0.415 e. The van der Waals surface area contributed by atoms with Crippen molar-refractivity contribution in [3.8, 4) is 0 Å². The molecule has 0 aliphatic carbocycles. The standard InChI is InChI=1S/C9H8F4OS/c10-6-3-1-2-4-7(6)15-5-8(14)9(11,12)13/h1-4,8,14H,5H2. The van der Waals surface area contributed by atoms with Gasteiger partial charge in [-0.25, -0.2) is 4.39 Å². The zero-order chi connectivity index (χ0) is 11.5. The fourth-order valence-electron chi connectivity index (χ4n) is 0.825. The van der Waals surface area contributed by atoms with E-state index >= 15 is 0 Å². The van der Waals surface area contributed by atoms with E-state index in [1.54, 1.807) is 0 Å². The average molecular weight is 240 g/mol. The summed E-state index contributed by atoms with van der Waals surface area (Å²) in [7, 11) is 0. The second-order valence-corrected chi connectivity index (χ2v) is 3.86. The molecule has 0 aliphatic heterocycles. The van der Waals surface area contributed by atoms with Gasteiger partial charge in [-0.05, 0) is 12.1 Å². The van der Waals surface area contributed by atoms with Crippen molar-refractivity contribution in [3.05, 3.63) is 30.1 Å². The maximum absolute atomic E-state index is 13.0. The van der Waals surface area contributed by atoms with Crippen molar-refractivity contribution < 1.29 is 22.7 Å². The summed E-state index contributed by atoms with van der Waals surface area (Å²) in [5.74, 6) is -1.19. The summed E-state index contributed by atoms with van der Waals surface area (Å²) in [5, 5.41) is 8.67. The first-order chi connectivity index (χ1) is 6.91. The highest BCUT2D eigenvalue weighted by molar-refractivity contribution is 7.99. The zero-order valence-electron chi connectivity index (χ0n) is 7.46. The van der Waals surface area contributed by atoms with E-state index in [0.717, 1.165) is 6.07 Å². The Bertz CT molecular complexity index is 326. The van der Waals surface area contributed by atoms with Crippen LogP contribution in [-0.4, -0.2) is 23.1 Å². The molecular formula is C9H8F4OS. The minimum Gasteiger partial charge on any atom is -0.383 e. The second kappa shape index (κ2) is 4.85. The highest BCUT2D eigenvalue weighted by atomic mass is 32.2. The van der Waals surface area contributed by atoms with E-state index in [0.29, 0.717) is 11.8 Å². The molecule has 0 amide bonds. The minimum atomic E-state index is -4.65. The number of aliphatic hydroxyl groups is 1. The van der Waals surface area contributed by atoms with Crippen molar-refractivity contribution in [1.29, 1.82) is 0 Å². The molecule has 0 spiro atoms. The second-order valence-electron chi connectivity index (χ2n) is 2.80. The van der Waals surface area contributed by atoms with Gasteiger partial charge in [-0.3, -0.25) is 0 Å². The van der Waals surface area contributed by atoms with Crippen molar-refractivity contribution in [2.24, 2.45) is 0 Å². The molecule has 84 valence electrons. The highest BCUT2D eigenvalue weighted by Gasteiger charge is 2.38. The van der Waals surface area contributed by atoms with Gasteiger partial charge in [-0.15, -0.1) is 11.8 Å². The van der Waals surface area contributed by atoms with Gasteiger partial charge in [0.2, 0.25) is 0 Å². The first-order valence-corrected chi connectivity index (χ1v) is 5.02. The van der Waals surface area contributed by atoms with Crippen LogP contribution in [0.4, 0.5) is 17.6 Å². The summed E-state index contributed by atoms with van der Waals surface area (Å²) in [6, 6.07) is 5.48. The largest absolute Gasteiger partial charge is 0.415 e. The van der Waals surface area contributed by atoms with Crippen LogP contribution in [0.1, 0.15) is 0 Å². The number of alkyl halides is 3. The van der Waals surface area contributed by atoms with E-state index in [1.165, 1.54) is 18.2 Å². The number of hydrogen-bond acceptors (Lipinski definition) is 2. The van der Waals surface area contributed by atoms with Gasteiger partial charge in [-0.1, -0.05) is 12.1 Å². The predicted molar refractivity (Wildman–Crippen MR) is 49.2 cm³/mol. The van der Waals surface area contributed by atoms with E-state index in [4.69, 9.17) is 5.11 Å². The van der Waals surface area contributed by atoms with Crippen LogP contribution in [0.5, 0.6) is 0 Å². The molecule has 0 saturated carbocycles. The van der Waals surface area contributed by atoms with Crippen LogP contribution in [0.3, 0.4) is 0 Å². The lowest BCUT2D eigenvalue weighted by Gasteiger charge is -2.13. The molecule has 1 atom stereocenters. The number of rotatable bonds is 3. The molecule has 0 aliphatic rings. The molecule has 1 nitrogen and oxygen atoms in total. The Morgan fingerprint density at radius 1 is 1.27 bits per heavy atom. The quantitative estimate of drug-likeness (QED) is 0.647. The molecule has 6 heteroatoms. The lowest BCUT2D eigenvalue weighted by Crippen LogP contribution is -2.30. The van der Waals surface area contributed by atoms with Gasteiger partial charge in [0.05, 0.1) is 0 Å². The van der Waals surface area contributed by atoms with Crippen molar-refractivity contribution in [2.45, 2.75) is 17.2 Å². The SMILES string of the molecule is OC(CSc1ccccc1F)C(F)(F)F. The molecule has 0 heterocycles. The van der Waals surface area contributed by atoms with Gasteiger partial charge >= 0.3 is 6.18 Å². The predicted octanol–water partition coefficient (Wildman–Crippen LogP) is 2.84. The molecule has 0 saturated heterocycles. The summed E-state index contributed by atoms with van der Waals surface area (Å²) in [5.41, 5.74) is 0. The highest BCUT2D eigenvalue weighted by Crippen LogP contribution is 2.27. The summed E-state index contributed by atoms with van der Waals surface area (Å²) >= 11 is 0.637. The van der Waals surface area contributed by atoms with Crippen molar-refractivity contribution >= 4 is 11.8 Å². The molecule has 1 unspecified atom stereocenters. The van der Waals surface area contributed by atoms with Gasteiger partial charge in [0.15, 0.2) is 6.10 Å². The fourth-order valence-corrected chi connectivity index (χ4v) is 1.73. The fraction of sp³-hybridized carbons (Fsp3) is 0.333. The number of thioether (sulfide) groups is 1. The van der Waals surface area contributed by atoms with E-state index in [9.17, 15) is 17.6 Å². The molecule has 1 N–H and O–H groups in total. The average Bonchev–Trinajstić information content (AvgIpc) is 2.14. The van der Waals surface area contributed by atoms with Gasteiger partial charge in [0.1, 0.15) is 5.82 Å². The van der Waals surface area contributed by atoms with Crippen LogP contribution in [0.25, 0.3) is 0 Å². The first kappa shape index (κ1) is 12.3. The summed E-state index contributed by atoms with van der Waals surface area (Å²) in [6.07, 6.45) is -7.08. The summed E-state index contributed by atoms with van der Waals surface area (Å²) < 4.78 is 48.6. The molecule has 1 aromatic carbocycles. The summed E-state index contributed by atoms with van der Waals surface area (Å²) in [4.78, 5) is 0.0980. The third kappa shape index (κ3) is 3.71. The molecule has 0 radical (unpaired) electrons. The smallest absolute Gasteiger partial charge is 0.383 e. The summed E-state index contributed by atoms with van der Waals surface area (Å²) in [6.45, 7) is 0. The van der Waals surface area contributed by atoms with Gasteiger partial charge in [-0.2, -0.15) is 13.2 Å². The van der Waals surface area contributed by atoms with Gasteiger partial charge in [0, 0.05) is 10.6 Å². The van der Waals surface area contributed by atoms with Crippen LogP contribution in [0.15, 0.2) is 29.2 Å². The molecule has 0 aromatic heterocycles. The Labute approximate surface area is 88.1 Å². The monoisotopic (exact) mass is 240 g/mol. The van der Waals surface area contributed by atoms with Crippen molar-refractivity contribution in [1.82, 2.24) is 0 Å². The number of aliphatic hydroxyl groups excluding tert-OH is 1. The van der Waals surface area contributed by atoms with Crippen molar-refractivity contribution in [3.63, 3.8) is 0 Å². The molecule has 0 fully saturated rings. The minimum absolute atomic E-state index is 0.0980. The number of halogens is 4. The third-order valence-electron chi connectivity index (χ3n) is 1.61. The molecule has 15 heavy (non-hydrogen) atoms. The Morgan fingerprint density at radius 2 is 1.87 bits per heavy atom. The Balaban J connectivity index is 2.55. The lowest BCUT2D eigenvalue weighted by molar-refractivity contribution is -0.195. The van der Waals surface area contributed by atoms with E-state index in [2.05, 4.69) is 0 Å². The number of benzene rings is 1. The van der Waals surface area contributed by atoms with Crippen LogP contribution in [-0.2, 0) is 0 Å². The first-order valence-electron chi connectivity index (χ1n) is 4.03.